The molecule has 4 amide bonds. The lowest BCUT2D eigenvalue weighted by Crippen LogP contribution is -2.60. The molecule has 6 heterocycles. The van der Waals surface area contributed by atoms with Gasteiger partial charge in [-0.1, -0.05) is 18.1 Å². The molecule has 7 rings (SSSR count). The molecular weight excluding hydrogens is 732 g/mol. The second kappa shape index (κ2) is 16.9. The topological polar surface area (TPSA) is 193 Å². The molecule has 2 aromatic heterocycles. The fourth-order valence-electron chi connectivity index (χ4n) is 7.56. The van der Waals surface area contributed by atoms with Crippen molar-refractivity contribution < 1.29 is 38.1 Å². The summed E-state index contributed by atoms with van der Waals surface area (Å²) >= 11 is 0. The van der Waals surface area contributed by atoms with Crippen LogP contribution in [0.25, 0.3) is 11.3 Å². The van der Waals surface area contributed by atoms with Crippen molar-refractivity contribution in [3.05, 3.63) is 59.6 Å². The van der Waals surface area contributed by atoms with Gasteiger partial charge in [-0.25, -0.2) is 19.6 Å². The first-order valence-electron chi connectivity index (χ1n) is 18.0. The number of alkyl carbamates (subject to hydrolysis) is 2. The third-order valence-electron chi connectivity index (χ3n) is 10.4. The molecule has 290 valence electrons. The van der Waals surface area contributed by atoms with Gasteiger partial charge in [-0.3, -0.25) is 9.59 Å². The van der Waals surface area contributed by atoms with E-state index in [4.69, 9.17) is 18.9 Å². The Labute approximate surface area is 324 Å². The Bertz CT molecular complexity index is 2010. The van der Waals surface area contributed by atoms with E-state index in [0.29, 0.717) is 56.5 Å². The van der Waals surface area contributed by atoms with E-state index >= 15 is 0 Å². The van der Waals surface area contributed by atoms with Crippen LogP contribution in [0.3, 0.4) is 0 Å². The summed E-state index contributed by atoms with van der Waals surface area (Å²) in [6, 6.07) is 7.14. The Kier molecular flexibility index (Phi) is 12.0. The van der Waals surface area contributed by atoms with Gasteiger partial charge in [0.05, 0.1) is 57.6 Å². The molecule has 4 fully saturated rings. The number of likely N-dealkylation sites (tertiary alicyclic amines) is 2. The average molecular weight is 775 g/mol. The van der Waals surface area contributed by atoms with Gasteiger partial charge in [0.2, 0.25) is 0 Å². The van der Waals surface area contributed by atoms with Crippen LogP contribution >= 0.6 is 12.4 Å². The largest absolute Gasteiger partial charge is 0.453 e. The van der Waals surface area contributed by atoms with E-state index in [1.54, 1.807) is 22.2 Å². The van der Waals surface area contributed by atoms with Crippen LogP contribution in [0.2, 0.25) is 0 Å². The molecule has 55 heavy (non-hydrogen) atoms. The van der Waals surface area contributed by atoms with Gasteiger partial charge in [0.25, 0.3) is 11.8 Å². The van der Waals surface area contributed by atoms with E-state index in [2.05, 4.69) is 54.3 Å². The van der Waals surface area contributed by atoms with Crippen molar-refractivity contribution in [2.24, 2.45) is 0 Å². The van der Waals surface area contributed by atoms with Crippen LogP contribution in [0.1, 0.15) is 73.5 Å². The lowest BCUT2D eigenvalue weighted by atomic mass is 9.96. The number of nitrogens with one attached hydrogen (secondary N) is 4. The minimum atomic E-state index is -1.17. The molecule has 4 aliphatic rings. The predicted molar refractivity (Wildman–Crippen MR) is 198 cm³/mol. The van der Waals surface area contributed by atoms with Crippen molar-refractivity contribution in [3.63, 3.8) is 0 Å². The summed E-state index contributed by atoms with van der Waals surface area (Å²) in [4.78, 5) is 70.8. The second-order valence-corrected chi connectivity index (χ2v) is 13.8. The maximum atomic E-state index is 13.8. The molecule has 3 aromatic rings. The van der Waals surface area contributed by atoms with Crippen LogP contribution in [0.4, 0.5) is 9.59 Å². The number of carbonyl (C=O) groups is 4. The van der Waals surface area contributed by atoms with Gasteiger partial charge in [0.1, 0.15) is 28.4 Å². The maximum Gasteiger partial charge on any atom is 0.407 e. The number of imidazole rings is 2. The van der Waals surface area contributed by atoms with Gasteiger partial charge < -0.3 is 49.3 Å². The first-order chi connectivity index (χ1) is 26.2. The Morgan fingerprint density at radius 1 is 0.782 bits per heavy atom. The monoisotopic (exact) mass is 774 g/mol. The molecule has 1 aromatic carbocycles. The fraction of sp³-hybridized carbons (Fsp3) is 0.474. The van der Waals surface area contributed by atoms with E-state index in [-0.39, 0.29) is 49.5 Å². The molecule has 0 unspecified atom stereocenters. The highest BCUT2D eigenvalue weighted by molar-refractivity contribution is 5.92. The van der Waals surface area contributed by atoms with Crippen LogP contribution in [0.5, 0.6) is 0 Å². The number of rotatable bonds is 7. The molecule has 0 bridgehead atoms. The number of hydrogen-bond acceptors (Lipinski definition) is 10. The molecule has 4 saturated heterocycles. The minimum Gasteiger partial charge on any atom is -0.453 e. The highest BCUT2D eigenvalue weighted by Crippen LogP contribution is 2.36. The van der Waals surface area contributed by atoms with Crippen LogP contribution in [-0.2, 0) is 28.5 Å². The molecular formula is C38H43ClN8O8. The lowest BCUT2D eigenvalue weighted by Gasteiger charge is -2.34. The number of methoxy groups -OCH3 is 2. The summed E-state index contributed by atoms with van der Waals surface area (Å²) in [5.74, 6) is 12.7. The van der Waals surface area contributed by atoms with Crippen molar-refractivity contribution in [2.45, 2.75) is 61.7 Å². The van der Waals surface area contributed by atoms with Gasteiger partial charge in [0.15, 0.2) is 0 Å². The zero-order valence-corrected chi connectivity index (χ0v) is 31.4. The molecule has 4 N–H and O–H groups in total. The number of H-pyrrole nitrogens is 2. The maximum absolute atomic E-state index is 13.8. The summed E-state index contributed by atoms with van der Waals surface area (Å²) in [5.41, 5.74) is 0.739. The molecule has 0 aliphatic carbocycles. The lowest BCUT2D eigenvalue weighted by molar-refractivity contribution is -0.140. The number of halogens is 1. The highest BCUT2D eigenvalue weighted by atomic mass is 35.5. The molecule has 4 aliphatic heterocycles. The number of nitrogens with zero attached hydrogens (tertiary/aromatic N) is 4. The van der Waals surface area contributed by atoms with Gasteiger partial charge in [-0.05, 0) is 61.1 Å². The molecule has 16 nitrogen and oxygen atoms in total. The van der Waals surface area contributed by atoms with Crippen molar-refractivity contribution >= 4 is 36.4 Å². The smallest absolute Gasteiger partial charge is 0.407 e. The Balaban J connectivity index is 0.00000514. The Hall–Kier alpha value is -5.55. The van der Waals surface area contributed by atoms with Crippen molar-refractivity contribution in [1.29, 1.82) is 0 Å². The SMILES string of the molecule is COC(=O)N[C@@]1(C(=O)N2CCC[C@@H]2c2ncc(C#CC#Cc3ccc(-c4cnc([C@H]5CCCN5C(=O)[C@]5(NC(=O)OC)CCOC5)[nH]4)cc3)[nH]2)CCOC1.Cl. The Morgan fingerprint density at radius 2 is 1.31 bits per heavy atom. The predicted octanol–water partition coefficient (Wildman–Crippen LogP) is 2.98. The number of aromatic nitrogens is 4. The number of aromatic amines is 2. The molecule has 0 saturated carbocycles. The summed E-state index contributed by atoms with van der Waals surface area (Å²) in [6.45, 7) is 2.02. The first kappa shape index (κ1) is 39.2. The molecule has 4 atom stereocenters. The fourth-order valence-corrected chi connectivity index (χ4v) is 7.56. The number of carbonyl (C=O) groups excluding carboxylic acids is 4. The number of ether oxygens (including phenoxy) is 4. The summed E-state index contributed by atoms with van der Waals surface area (Å²) in [7, 11) is 2.54. The average Bonchev–Trinajstić information content (AvgIpc) is 4.04. The highest BCUT2D eigenvalue weighted by Gasteiger charge is 2.50. The van der Waals surface area contributed by atoms with Gasteiger partial charge in [0, 0.05) is 44.7 Å². The molecule has 0 radical (unpaired) electrons. The van der Waals surface area contributed by atoms with E-state index in [0.717, 1.165) is 42.5 Å². The summed E-state index contributed by atoms with van der Waals surface area (Å²) < 4.78 is 20.6. The molecule has 17 heteroatoms. The quantitative estimate of drug-likeness (QED) is 0.260. The van der Waals surface area contributed by atoms with Crippen molar-refractivity contribution in [1.82, 2.24) is 40.4 Å². The zero-order valence-electron chi connectivity index (χ0n) is 30.6. The minimum absolute atomic E-state index is 0. The van der Waals surface area contributed by atoms with Gasteiger partial charge >= 0.3 is 12.2 Å². The second-order valence-electron chi connectivity index (χ2n) is 13.8. The van der Waals surface area contributed by atoms with E-state index in [1.165, 1.54) is 14.2 Å². The normalized spacial score (nSPS) is 24.2. The standard InChI is InChI=1S/C38H42N8O8.ClH/c1-51-35(49)43-37(15-19-53-23-37)33(47)45-17-5-9-29(45)31-39-21-27(41-31)8-4-3-7-25-11-13-26(14-12-25)28-22-40-32(42-28)30-10-6-18-46(30)34(48)38(16-20-54-24-38)44-36(50)52-2;/h11-14,21-22,29-30H,5-6,9-10,15-20,23-24H2,1-2H3,(H,39,41)(H,40,42)(H,43,49)(H,44,50);1H/t29-,30-,37+,38+;/m1./s1. The van der Waals surface area contributed by atoms with E-state index in [9.17, 15) is 19.2 Å². The van der Waals surface area contributed by atoms with Crippen molar-refractivity contribution in [3.8, 4) is 34.9 Å². The third kappa shape index (κ3) is 8.12. The van der Waals surface area contributed by atoms with Crippen LogP contribution < -0.4 is 10.6 Å². The van der Waals surface area contributed by atoms with Crippen LogP contribution in [0.15, 0.2) is 36.7 Å². The third-order valence-corrected chi connectivity index (χ3v) is 10.4. The molecule has 0 spiro atoms. The van der Waals surface area contributed by atoms with Gasteiger partial charge in [-0.15, -0.1) is 12.4 Å². The van der Waals surface area contributed by atoms with Crippen LogP contribution in [0, 0.1) is 23.7 Å². The number of hydrogen-bond donors (Lipinski definition) is 4. The Morgan fingerprint density at radius 3 is 1.84 bits per heavy atom. The first-order valence-corrected chi connectivity index (χ1v) is 18.0. The van der Waals surface area contributed by atoms with Gasteiger partial charge in [-0.2, -0.15) is 0 Å². The van der Waals surface area contributed by atoms with Crippen molar-refractivity contribution in [2.75, 3.05) is 53.7 Å². The van der Waals surface area contributed by atoms with Crippen LogP contribution in [-0.4, -0.2) is 119 Å². The summed E-state index contributed by atoms with van der Waals surface area (Å²) in [6.07, 6.45) is 5.86. The zero-order chi connectivity index (χ0) is 37.7. The number of amides is 4. The summed E-state index contributed by atoms with van der Waals surface area (Å²) in [5, 5.41) is 5.43. The van der Waals surface area contributed by atoms with E-state index in [1.807, 2.05) is 24.3 Å². The van der Waals surface area contributed by atoms with E-state index < -0.39 is 23.3 Å². The number of benzene rings is 1.